The molecule has 114 valence electrons. The molecule has 1 saturated carbocycles. The van der Waals surface area contributed by atoms with E-state index in [0.717, 1.165) is 0 Å². The highest BCUT2D eigenvalue weighted by Crippen LogP contribution is 2.31. The number of aliphatic carboxylic acids is 1. The van der Waals surface area contributed by atoms with Crippen molar-refractivity contribution >= 4 is 22.1 Å². The van der Waals surface area contributed by atoms with E-state index in [1.54, 1.807) is 0 Å². The fourth-order valence-corrected chi connectivity index (χ4v) is 3.70. The first-order chi connectivity index (χ1) is 9.27. The minimum Gasteiger partial charge on any atom is -0.481 e. The zero-order chi connectivity index (χ0) is 14.9. The average Bonchev–Trinajstić information content (AvgIpc) is 2.71. The van der Waals surface area contributed by atoms with E-state index in [0.29, 0.717) is 32.2 Å². The van der Waals surface area contributed by atoms with E-state index < -0.39 is 21.4 Å². The zero-order valence-corrected chi connectivity index (χ0v) is 11.8. The van der Waals surface area contributed by atoms with Crippen molar-refractivity contribution < 1.29 is 27.0 Å². The molecule has 1 N–H and O–H groups in total. The molecule has 1 unspecified atom stereocenters. The Morgan fingerprint density at radius 1 is 1.30 bits per heavy atom. The topological polar surface area (TPSA) is 91.8 Å². The van der Waals surface area contributed by atoms with Crippen LogP contribution >= 0.6 is 0 Å². The Balaban J connectivity index is 1.86. The van der Waals surface area contributed by atoms with Gasteiger partial charge in [0, 0.05) is 19.5 Å². The number of rotatable bonds is 4. The second kappa shape index (κ2) is 5.67. The lowest BCUT2D eigenvalue weighted by molar-refractivity contribution is -0.143. The molecule has 1 saturated heterocycles. The Hall–Kier alpha value is -1.18. The van der Waals surface area contributed by atoms with Gasteiger partial charge in [0.25, 0.3) is 0 Å². The Bertz CT molecular complexity index is 498. The summed E-state index contributed by atoms with van der Waals surface area (Å²) in [6.07, 6.45) is 2.27. The fourth-order valence-electron chi connectivity index (χ4n) is 3.00. The number of carboxylic acids is 1. The lowest BCUT2D eigenvalue weighted by Crippen LogP contribution is -2.34. The van der Waals surface area contributed by atoms with Gasteiger partial charge in [-0.15, -0.1) is 3.89 Å². The third-order valence-electron chi connectivity index (χ3n) is 4.25. The van der Waals surface area contributed by atoms with Crippen LogP contribution in [0.1, 0.15) is 32.1 Å². The second-order valence-electron chi connectivity index (χ2n) is 5.66. The molecule has 2 aliphatic rings. The third kappa shape index (κ3) is 3.47. The van der Waals surface area contributed by atoms with Crippen LogP contribution in [0, 0.1) is 11.8 Å². The van der Waals surface area contributed by atoms with E-state index in [4.69, 9.17) is 5.11 Å². The maximum atomic E-state index is 12.9. The standard InChI is InChI=1S/C12H18FNO5S/c13-20(18,19)10-5-11(15)14(7-10)6-8-1-3-9(4-2-8)12(16)17/h8-10H,1-7H2,(H,16,17). The van der Waals surface area contributed by atoms with Crippen LogP contribution in [0.4, 0.5) is 3.89 Å². The van der Waals surface area contributed by atoms with E-state index in [2.05, 4.69) is 0 Å². The molecule has 0 aromatic rings. The highest BCUT2D eigenvalue weighted by Gasteiger charge is 2.39. The van der Waals surface area contributed by atoms with Crippen LogP contribution < -0.4 is 0 Å². The average molecular weight is 307 g/mol. The summed E-state index contributed by atoms with van der Waals surface area (Å²) in [7, 11) is -4.67. The molecule has 20 heavy (non-hydrogen) atoms. The molecule has 0 aromatic heterocycles. The van der Waals surface area contributed by atoms with Gasteiger partial charge in [0.1, 0.15) is 5.25 Å². The van der Waals surface area contributed by atoms with Crippen LogP contribution in [-0.4, -0.2) is 48.6 Å². The van der Waals surface area contributed by atoms with Crippen molar-refractivity contribution in [3.05, 3.63) is 0 Å². The Labute approximate surface area is 117 Å². The number of likely N-dealkylation sites (tertiary alicyclic amines) is 1. The largest absolute Gasteiger partial charge is 0.481 e. The van der Waals surface area contributed by atoms with Gasteiger partial charge in [0.15, 0.2) is 0 Å². The van der Waals surface area contributed by atoms with Crippen molar-refractivity contribution in [1.29, 1.82) is 0 Å². The summed E-state index contributed by atoms with van der Waals surface area (Å²) < 4.78 is 34.5. The van der Waals surface area contributed by atoms with Crippen LogP contribution in [0.2, 0.25) is 0 Å². The van der Waals surface area contributed by atoms with Crippen molar-refractivity contribution in [3.8, 4) is 0 Å². The normalized spacial score (nSPS) is 31.6. The van der Waals surface area contributed by atoms with Crippen LogP contribution in [-0.2, 0) is 19.8 Å². The van der Waals surface area contributed by atoms with Gasteiger partial charge in [0.2, 0.25) is 5.91 Å². The molecule has 8 heteroatoms. The van der Waals surface area contributed by atoms with E-state index in [9.17, 15) is 21.9 Å². The molecule has 2 rings (SSSR count). The highest BCUT2D eigenvalue weighted by atomic mass is 32.3. The number of halogens is 1. The lowest BCUT2D eigenvalue weighted by Gasteiger charge is -2.29. The van der Waals surface area contributed by atoms with Gasteiger partial charge in [-0.05, 0) is 31.6 Å². The summed E-state index contributed by atoms with van der Waals surface area (Å²) in [4.78, 5) is 23.9. The van der Waals surface area contributed by atoms with Gasteiger partial charge < -0.3 is 10.0 Å². The lowest BCUT2D eigenvalue weighted by atomic mass is 9.82. The molecule has 0 bridgehead atoms. The summed E-state index contributed by atoms with van der Waals surface area (Å²) in [5, 5.41) is 7.66. The summed E-state index contributed by atoms with van der Waals surface area (Å²) in [5.74, 6) is -1.27. The number of nitrogens with zero attached hydrogens (tertiary/aromatic N) is 1. The Morgan fingerprint density at radius 3 is 2.35 bits per heavy atom. The molecule has 2 fully saturated rings. The molecule has 0 spiro atoms. The first-order valence-electron chi connectivity index (χ1n) is 6.71. The Kier molecular flexibility index (Phi) is 4.31. The van der Waals surface area contributed by atoms with Gasteiger partial charge in [-0.25, -0.2) is 0 Å². The Morgan fingerprint density at radius 2 is 1.90 bits per heavy atom. The smallest absolute Gasteiger partial charge is 0.307 e. The third-order valence-corrected chi connectivity index (χ3v) is 5.36. The molecule has 1 aliphatic carbocycles. The molecule has 0 radical (unpaired) electrons. The van der Waals surface area contributed by atoms with Crippen LogP contribution in [0.15, 0.2) is 0 Å². The molecule has 6 nitrogen and oxygen atoms in total. The summed E-state index contributed by atoms with van der Waals surface area (Å²) in [6.45, 7) is 0.313. The molecule has 0 aromatic carbocycles. The number of amides is 1. The fraction of sp³-hybridized carbons (Fsp3) is 0.833. The zero-order valence-electron chi connectivity index (χ0n) is 11.0. The van der Waals surface area contributed by atoms with E-state index in [1.807, 2.05) is 0 Å². The van der Waals surface area contributed by atoms with E-state index in [1.165, 1.54) is 4.90 Å². The van der Waals surface area contributed by atoms with Gasteiger partial charge in [-0.1, -0.05) is 0 Å². The van der Waals surface area contributed by atoms with Crippen LogP contribution in [0.25, 0.3) is 0 Å². The van der Waals surface area contributed by atoms with Gasteiger partial charge in [0.05, 0.1) is 5.92 Å². The number of carbonyl (C=O) groups is 2. The quantitative estimate of drug-likeness (QED) is 0.775. The summed E-state index contributed by atoms with van der Waals surface area (Å²) in [5.41, 5.74) is 0. The van der Waals surface area contributed by atoms with Crippen LogP contribution in [0.5, 0.6) is 0 Å². The van der Waals surface area contributed by atoms with Crippen molar-refractivity contribution in [2.45, 2.75) is 37.4 Å². The van der Waals surface area contributed by atoms with E-state index >= 15 is 0 Å². The van der Waals surface area contributed by atoms with Gasteiger partial charge in [-0.2, -0.15) is 8.42 Å². The predicted molar refractivity (Wildman–Crippen MR) is 68.1 cm³/mol. The van der Waals surface area contributed by atoms with Crippen molar-refractivity contribution in [2.75, 3.05) is 13.1 Å². The summed E-state index contributed by atoms with van der Waals surface area (Å²) in [6, 6.07) is 0. The molecule has 1 atom stereocenters. The predicted octanol–water partition coefficient (Wildman–Crippen LogP) is 0.778. The van der Waals surface area contributed by atoms with Gasteiger partial charge in [-0.3, -0.25) is 9.59 Å². The maximum absolute atomic E-state index is 12.9. The van der Waals surface area contributed by atoms with Crippen LogP contribution in [0.3, 0.4) is 0 Å². The molecule has 1 amide bonds. The minimum absolute atomic E-state index is 0.0868. The second-order valence-corrected chi connectivity index (χ2v) is 7.27. The first kappa shape index (κ1) is 15.2. The molecular formula is C12H18FNO5S. The minimum atomic E-state index is -4.67. The summed E-state index contributed by atoms with van der Waals surface area (Å²) >= 11 is 0. The van der Waals surface area contributed by atoms with Crippen molar-refractivity contribution in [1.82, 2.24) is 4.90 Å². The number of carboxylic acid groups (broad SMARTS) is 1. The van der Waals surface area contributed by atoms with E-state index in [-0.39, 0.29) is 30.7 Å². The van der Waals surface area contributed by atoms with Crippen molar-refractivity contribution in [3.63, 3.8) is 0 Å². The molecular weight excluding hydrogens is 289 g/mol. The SMILES string of the molecule is O=C(O)C1CCC(CN2CC(S(=O)(=O)F)CC2=O)CC1. The number of hydrogen-bond acceptors (Lipinski definition) is 4. The highest BCUT2D eigenvalue weighted by molar-refractivity contribution is 7.87. The van der Waals surface area contributed by atoms with Crippen molar-refractivity contribution in [2.24, 2.45) is 11.8 Å². The maximum Gasteiger partial charge on any atom is 0.307 e. The monoisotopic (exact) mass is 307 g/mol. The first-order valence-corrected chi connectivity index (χ1v) is 8.16. The molecule has 1 heterocycles. The van der Waals surface area contributed by atoms with Gasteiger partial charge >= 0.3 is 16.2 Å². The number of carbonyl (C=O) groups excluding carboxylic acids is 1. The number of hydrogen-bond donors (Lipinski definition) is 1. The molecule has 1 aliphatic heterocycles.